The molecule has 0 spiro atoms. The molecule has 0 aliphatic carbocycles. The molecule has 0 radical (unpaired) electrons. The minimum atomic E-state index is -0.526. The number of hydrogen-bond acceptors (Lipinski definition) is 4. The number of fused-ring (bicyclic) bond motifs is 1. The van der Waals surface area contributed by atoms with Crippen molar-refractivity contribution in [3.8, 4) is 0 Å². The van der Waals surface area contributed by atoms with Crippen molar-refractivity contribution in [2.24, 2.45) is 0 Å². The van der Waals surface area contributed by atoms with E-state index in [2.05, 4.69) is 20.8 Å². The van der Waals surface area contributed by atoms with Crippen molar-refractivity contribution in [3.05, 3.63) is 47.5 Å². The van der Waals surface area contributed by atoms with Crippen LogP contribution in [0.1, 0.15) is 28.7 Å². The molecular weight excluding hydrogens is 294 g/mol. The molecule has 120 valence electrons. The van der Waals surface area contributed by atoms with Crippen LogP contribution in [0.3, 0.4) is 0 Å². The maximum Gasteiger partial charge on any atom is 0.252 e. The molecule has 0 fully saturated rings. The second-order valence-corrected chi connectivity index (χ2v) is 5.46. The van der Waals surface area contributed by atoms with E-state index in [1.54, 1.807) is 12.4 Å². The van der Waals surface area contributed by atoms with Gasteiger partial charge in [-0.3, -0.25) is 9.59 Å². The Hall–Kier alpha value is -2.70. The molecule has 7 heteroatoms. The summed E-state index contributed by atoms with van der Waals surface area (Å²) in [6.07, 6.45) is 2.80. The number of aromatic nitrogens is 3. The minimum Gasteiger partial charge on any atom is -0.354 e. The monoisotopic (exact) mass is 313 g/mol. The molecule has 2 aromatic rings. The minimum absolute atomic E-state index is 0.171. The van der Waals surface area contributed by atoms with Crippen molar-refractivity contribution < 1.29 is 9.59 Å². The molecule has 0 saturated heterocycles. The van der Waals surface area contributed by atoms with Gasteiger partial charge in [0.2, 0.25) is 5.91 Å². The van der Waals surface area contributed by atoms with Gasteiger partial charge in [-0.2, -0.15) is 0 Å². The van der Waals surface area contributed by atoms with Crippen LogP contribution in [0.25, 0.3) is 0 Å². The summed E-state index contributed by atoms with van der Waals surface area (Å²) in [6.45, 7) is 3.28. The molecule has 0 unspecified atom stereocenters. The number of nitrogens with zero attached hydrogens (tertiary/aromatic N) is 3. The summed E-state index contributed by atoms with van der Waals surface area (Å²) in [5.74, 6) is 0.471. The smallest absolute Gasteiger partial charge is 0.252 e. The Labute approximate surface area is 134 Å². The summed E-state index contributed by atoms with van der Waals surface area (Å²) in [4.78, 5) is 24.3. The molecule has 3 rings (SSSR count). The van der Waals surface area contributed by atoms with Crippen molar-refractivity contribution in [3.63, 3.8) is 0 Å². The molecule has 1 aliphatic rings. The molecule has 2 amide bonds. The fourth-order valence-corrected chi connectivity index (χ4v) is 2.74. The third-order valence-corrected chi connectivity index (χ3v) is 3.99. The summed E-state index contributed by atoms with van der Waals surface area (Å²) in [7, 11) is 0. The van der Waals surface area contributed by atoms with Gasteiger partial charge in [0.15, 0.2) is 0 Å². The number of carbonyl (C=O) groups excluding carboxylic acids is 2. The predicted molar refractivity (Wildman–Crippen MR) is 83.8 cm³/mol. The van der Waals surface area contributed by atoms with Crippen LogP contribution in [0, 0.1) is 0 Å². The summed E-state index contributed by atoms with van der Waals surface area (Å²) >= 11 is 0. The number of rotatable bonds is 5. The molecule has 1 aliphatic heterocycles. The highest BCUT2D eigenvalue weighted by Crippen LogP contribution is 2.16. The van der Waals surface area contributed by atoms with Crippen LogP contribution in [-0.4, -0.2) is 39.2 Å². The van der Waals surface area contributed by atoms with Gasteiger partial charge in [0.1, 0.15) is 18.2 Å². The molecule has 1 aromatic carbocycles. The summed E-state index contributed by atoms with van der Waals surface area (Å²) in [5.41, 5.74) is 1.55. The van der Waals surface area contributed by atoms with Crippen LogP contribution >= 0.6 is 0 Å². The standard InChI is InChI=1S/C16H19N5O2/c1-2-21-10-18-20-14(21)7-8-17-16(23)13-9-11-5-3-4-6-12(11)15(22)19-13/h3-6,10,13H,2,7-9H2,1H3,(H,17,23)(H,19,22)/t13-/m0/s1. The Morgan fingerprint density at radius 1 is 1.43 bits per heavy atom. The van der Waals surface area contributed by atoms with Gasteiger partial charge in [-0.05, 0) is 18.6 Å². The quantitative estimate of drug-likeness (QED) is 0.831. The molecule has 1 aromatic heterocycles. The highest BCUT2D eigenvalue weighted by atomic mass is 16.2. The lowest BCUT2D eigenvalue weighted by Gasteiger charge is -2.24. The van der Waals surface area contributed by atoms with E-state index in [0.29, 0.717) is 24.9 Å². The van der Waals surface area contributed by atoms with Crippen LogP contribution in [0.4, 0.5) is 0 Å². The SMILES string of the molecule is CCn1cnnc1CCNC(=O)[C@@H]1Cc2ccccc2C(=O)N1. The average Bonchev–Trinajstić information content (AvgIpc) is 3.02. The summed E-state index contributed by atoms with van der Waals surface area (Å²) < 4.78 is 1.94. The van der Waals surface area contributed by atoms with E-state index in [1.165, 1.54) is 0 Å². The first-order chi connectivity index (χ1) is 11.2. The summed E-state index contributed by atoms with van der Waals surface area (Å²) in [5, 5.41) is 13.5. The zero-order valence-corrected chi connectivity index (χ0v) is 13.0. The van der Waals surface area contributed by atoms with Crippen molar-refractivity contribution >= 4 is 11.8 Å². The maximum absolute atomic E-state index is 12.3. The highest BCUT2D eigenvalue weighted by molar-refractivity contribution is 6.00. The van der Waals surface area contributed by atoms with Crippen molar-refractivity contribution in [2.75, 3.05) is 6.54 Å². The third kappa shape index (κ3) is 3.23. The van der Waals surface area contributed by atoms with E-state index in [0.717, 1.165) is 17.9 Å². The first kappa shape index (κ1) is 15.2. The van der Waals surface area contributed by atoms with Gasteiger partial charge in [-0.15, -0.1) is 10.2 Å². The Balaban J connectivity index is 1.56. The highest BCUT2D eigenvalue weighted by Gasteiger charge is 2.28. The Morgan fingerprint density at radius 3 is 3.09 bits per heavy atom. The average molecular weight is 313 g/mol. The lowest BCUT2D eigenvalue weighted by molar-refractivity contribution is -0.123. The largest absolute Gasteiger partial charge is 0.354 e. The normalized spacial score (nSPS) is 16.6. The first-order valence-electron chi connectivity index (χ1n) is 7.72. The fraction of sp³-hybridized carbons (Fsp3) is 0.375. The van der Waals surface area contributed by atoms with E-state index >= 15 is 0 Å². The lowest BCUT2D eigenvalue weighted by atomic mass is 9.95. The zero-order chi connectivity index (χ0) is 16.2. The van der Waals surface area contributed by atoms with E-state index in [9.17, 15) is 9.59 Å². The Kier molecular flexibility index (Phi) is 4.36. The van der Waals surface area contributed by atoms with Crippen molar-refractivity contribution in [2.45, 2.75) is 32.4 Å². The molecule has 2 N–H and O–H groups in total. The number of carbonyl (C=O) groups is 2. The van der Waals surface area contributed by atoms with Gasteiger partial charge >= 0.3 is 0 Å². The number of amides is 2. The summed E-state index contributed by atoms with van der Waals surface area (Å²) in [6, 6.07) is 6.84. The molecule has 7 nitrogen and oxygen atoms in total. The molecule has 23 heavy (non-hydrogen) atoms. The molecular formula is C16H19N5O2. The maximum atomic E-state index is 12.3. The molecule has 1 atom stereocenters. The molecule has 0 bridgehead atoms. The van der Waals surface area contributed by atoms with Gasteiger partial charge in [-0.1, -0.05) is 18.2 Å². The van der Waals surface area contributed by atoms with Crippen LogP contribution in [0.15, 0.2) is 30.6 Å². The van der Waals surface area contributed by atoms with Gasteiger partial charge in [0.05, 0.1) is 0 Å². The number of nitrogens with one attached hydrogen (secondary N) is 2. The predicted octanol–water partition coefficient (Wildman–Crippen LogP) is 0.311. The van der Waals surface area contributed by atoms with Gasteiger partial charge in [0, 0.05) is 31.5 Å². The second-order valence-electron chi connectivity index (χ2n) is 5.46. The van der Waals surface area contributed by atoms with Crippen LogP contribution in [0.5, 0.6) is 0 Å². The van der Waals surface area contributed by atoms with E-state index in [1.807, 2.05) is 29.7 Å². The van der Waals surface area contributed by atoms with Crippen molar-refractivity contribution in [1.82, 2.24) is 25.4 Å². The van der Waals surface area contributed by atoms with E-state index in [4.69, 9.17) is 0 Å². The first-order valence-corrected chi connectivity index (χ1v) is 7.72. The second kappa shape index (κ2) is 6.60. The van der Waals surface area contributed by atoms with Crippen LogP contribution < -0.4 is 10.6 Å². The number of aryl methyl sites for hydroxylation is 1. The van der Waals surface area contributed by atoms with E-state index in [-0.39, 0.29) is 11.8 Å². The van der Waals surface area contributed by atoms with E-state index < -0.39 is 6.04 Å². The van der Waals surface area contributed by atoms with Gasteiger partial charge < -0.3 is 15.2 Å². The lowest BCUT2D eigenvalue weighted by Crippen LogP contribution is -2.51. The Bertz CT molecular complexity index is 725. The van der Waals surface area contributed by atoms with Crippen LogP contribution in [-0.2, 0) is 24.2 Å². The topological polar surface area (TPSA) is 88.9 Å². The van der Waals surface area contributed by atoms with Gasteiger partial charge in [0.25, 0.3) is 5.91 Å². The fourth-order valence-electron chi connectivity index (χ4n) is 2.74. The van der Waals surface area contributed by atoms with Crippen LogP contribution in [0.2, 0.25) is 0 Å². The van der Waals surface area contributed by atoms with Gasteiger partial charge in [-0.25, -0.2) is 0 Å². The third-order valence-electron chi connectivity index (χ3n) is 3.99. The Morgan fingerprint density at radius 2 is 2.26 bits per heavy atom. The molecule has 0 saturated carbocycles. The van der Waals surface area contributed by atoms with Crippen molar-refractivity contribution in [1.29, 1.82) is 0 Å². The number of benzene rings is 1. The number of hydrogen-bond donors (Lipinski definition) is 2. The zero-order valence-electron chi connectivity index (χ0n) is 13.0. The molecule has 2 heterocycles.